The van der Waals surface area contributed by atoms with E-state index in [1.165, 1.54) is 12.1 Å². The van der Waals surface area contributed by atoms with Gasteiger partial charge in [0.25, 0.3) is 0 Å². The lowest BCUT2D eigenvalue weighted by Crippen LogP contribution is -2.08. The maximum absolute atomic E-state index is 12.8. The van der Waals surface area contributed by atoms with Crippen molar-refractivity contribution in [1.29, 1.82) is 0 Å². The molecule has 1 aromatic heterocycles. The molecule has 0 saturated heterocycles. The van der Waals surface area contributed by atoms with Crippen LogP contribution in [0.5, 0.6) is 5.75 Å². The van der Waals surface area contributed by atoms with Gasteiger partial charge in [-0.1, -0.05) is 10.6 Å². The second kappa shape index (κ2) is 4.86. The Balaban J connectivity index is 2.02. The van der Waals surface area contributed by atoms with Gasteiger partial charge in [0.1, 0.15) is 23.9 Å². The van der Waals surface area contributed by atoms with Gasteiger partial charge in [0.05, 0.1) is 0 Å². The summed E-state index contributed by atoms with van der Waals surface area (Å²) in [7, 11) is 0. The fraction of sp³-hybridized carbons (Fsp3) is 0.111. The molecule has 0 bridgehead atoms. The number of halogens is 1. The van der Waals surface area contributed by atoms with Crippen molar-refractivity contribution in [2.75, 3.05) is 5.43 Å². The molecule has 0 amide bonds. The summed E-state index contributed by atoms with van der Waals surface area (Å²) in [5, 5.41) is 4.47. The number of nitrogens with one attached hydrogen (secondary N) is 1. The zero-order valence-corrected chi connectivity index (χ0v) is 9.00. The van der Waals surface area contributed by atoms with Crippen molar-refractivity contribution in [2.45, 2.75) is 6.61 Å². The molecule has 0 aliphatic rings. The zero-order chi connectivity index (χ0) is 11.4. The molecule has 1 heterocycles. The van der Waals surface area contributed by atoms with Crippen molar-refractivity contribution >= 4 is 16.5 Å². The lowest BCUT2D eigenvalue weighted by atomic mass is 10.3. The third-order valence-corrected chi connectivity index (χ3v) is 2.56. The zero-order valence-electron chi connectivity index (χ0n) is 8.18. The summed E-state index contributed by atoms with van der Waals surface area (Å²) < 4.78 is 21.9. The second-order valence-electron chi connectivity index (χ2n) is 2.94. The summed E-state index contributed by atoms with van der Waals surface area (Å²) in [4.78, 5) is 0. The van der Waals surface area contributed by atoms with E-state index in [2.05, 4.69) is 15.0 Å². The van der Waals surface area contributed by atoms with E-state index in [1.807, 2.05) is 0 Å². The number of ether oxygens (including phenoxy) is 1. The lowest BCUT2D eigenvalue weighted by molar-refractivity contribution is 0.300. The highest BCUT2D eigenvalue weighted by atomic mass is 32.1. The molecule has 16 heavy (non-hydrogen) atoms. The van der Waals surface area contributed by atoms with Crippen LogP contribution >= 0.6 is 11.5 Å². The number of nitrogens with zero attached hydrogens (tertiary/aromatic N) is 2. The van der Waals surface area contributed by atoms with Crippen LogP contribution in [0, 0.1) is 5.82 Å². The first-order chi connectivity index (χ1) is 7.79. The molecule has 2 aromatic rings. The van der Waals surface area contributed by atoms with Crippen LogP contribution in [0.2, 0.25) is 0 Å². The Bertz CT molecular complexity index is 476. The first-order valence-corrected chi connectivity index (χ1v) is 5.23. The number of hydrogen-bond acceptors (Lipinski definition) is 6. The molecule has 0 unspecified atom stereocenters. The maximum Gasteiger partial charge on any atom is 0.150 e. The van der Waals surface area contributed by atoms with E-state index in [4.69, 9.17) is 10.6 Å². The molecule has 0 aliphatic carbocycles. The van der Waals surface area contributed by atoms with Crippen LogP contribution in [0.15, 0.2) is 24.3 Å². The molecule has 0 spiro atoms. The molecule has 0 atom stereocenters. The van der Waals surface area contributed by atoms with Crippen molar-refractivity contribution in [3.8, 4) is 5.75 Å². The monoisotopic (exact) mass is 240 g/mol. The van der Waals surface area contributed by atoms with Crippen molar-refractivity contribution in [1.82, 2.24) is 9.59 Å². The average Bonchev–Trinajstić information content (AvgIpc) is 2.74. The van der Waals surface area contributed by atoms with Crippen LogP contribution in [-0.4, -0.2) is 9.59 Å². The van der Waals surface area contributed by atoms with Gasteiger partial charge in [-0.05, 0) is 12.1 Å². The lowest BCUT2D eigenvalue weighted by Gasteiger charge is -2.04. The van der Waals surface area contributed by atoms with Gasteiger partial charge in [-0.15, -0.1) is 5.10 Å². The van der Waals surface area contributed by atoms with E-state index in [0.29, 0.717) is 16.4 Å². The topological polar surface area (TPSA) is 73.1 Å². The molecule has 0 aliphatic heterocycles. The molecule has 0 fully saturated rings. The van der Waals surface area contributed by atoms with Crippen LogP contribution in [0.4, 0.5) is 9.39 Å². The molecule has 5 nitrogen and oxygen atoms in total. The van der Waals surface area contributed by atoms with Crippen LogP contribution < -0.4 is 16.0 Å². The molecule has 7 heteroatoms. The van der Waals surface area contributed by atoms with Gasteiger partial charge in [-0.25, -0.2) is 10.2 Å². The Morgan fingerprint density at radius 2 is 2.38 bits per heavy atom. The van der Waals surface area contributed by atoms with Crippen molar-refractivity contribution < 1.29 is 9.13 Å². The Morgan fingerprint density at radius 3 is 3.12 bits per heavy atom. The Morgan fingerprint density at radius 1 is 1.50 bits per heavy atom. The van der Waals surface area contributed by atoms with Crippen LogP contribution in [0.3, 0.4) is 0 Å². The van der Waals surface area contributed by atoms with Crippen molar-refractivity contribution in [3.63, 3.8) is 0 Å². The number of aromatic nitrogens is 2. The Hall–Kier alpha value is -1.73. The highest BCUT2D eigenvalue weighted by Gasteiger charge is 2.07. The number of anilines is 1. The highest BCUT2D eigenvalue weighted by Crippen LogP contribution is 2.19. The van der Waals surface area contributed by atoms with E-state index in [9.17, 15) is 4.39 Å². The molecule has 84 valence electrons. The smallest absolute Gasteiger partial charge is 0.150 e. The first-order valence-electron chi connectivity index (χ1n) is 4.46. The predicted octanol–water partition coefficient (Wildman–Crippen LogP) is 1.54. The van der Waals surface area contributed by atoms with Gasteiger partial charge >= 0.3 is 0 Å². The minimum absolute atomic E-state index is 0.194. The minimum atomic E-state index is -0.342. The number of hydrogen-bond donors (Lipinski definition) is 2. The SMILES string of the molecule is NNc1snnc1COc1cccc(F)c1. The van der Waals surface area contributed by atoms with E-state index >= 15 is 0 Å². The number of rotatable bonds is 4. The fourth-order valence-corrected chi connectivity index (χ4v) is 1.60. The molecule has 0 radical (unpaired) electrons. The van der Waals surface area contributed by atoms with Gasteiger partial charge in [-0.2, -0.15) is 0 Å². The van der Waals surface area contributed by atoms with Crippen LogP contribution in [0.25, 0.3) is 0 Å². The van der Waals surface area contributed by atoms with E-state index < -0.39 is 0 Å². The Kier molecular flexibility index (Phi) is 3.28. The predicted molar refractivity (Wildman–Crippen MR) is 58.5 cm³/mol. The Labute approximate surface area is 95.2 Å². The van der Waals surface area contributed by atoms with Crippen molar-refractivity contribution in [2.24, 2.45) is 5.84 Å². The molecular weight excluding hydrogens is 231 g/mol. The van der Waals surface area contributed by atoms with Crippen LogP contribution in [-0.2, 0) is 6.61 Å². The summed E-state index contributed by atoms with van der Waals surface area (Å²) in [6.45, 7) is 0.194. The van der Waals surface area contributed by atoms with Gasteiger partial charge in [0.15, 0.2) is 5.00 Å². The number of benzene rings is 1. The highest BCUT2D eigenvalue weighted by molar-refractivity contribution is 7.10. The quantitative estimate of drug-likeness (QED) is 0.626. The van der Waals surface area contributed by atoms with Gasteiger partial charge in [0, 0.05) is 17.6 Å². The molecule has 0 saturated carbocycles. The van der Waals surface area contributed by atoms with E-state index in [1.54, 1.807) is 12.1 Å². The normalized spacial score (nSPS) is 10.1. The third kappa shape index (κ3) is 2.44. The molecule has 3 N–H and O–H groups in total. The number of hydrazine groups is 1. The van der Waals surface area contributed by atoms with E-state index in [-0.39, 0.29) is 12.4 Å². The third-order valence-electron chi connectivity index (χ3n) is 1.86. The van der Waals surface area contributed by atoms with Crippen molar-refractivity contribution in [3.05, 3.63) is 35.8 Å². The number of nitrogen functional groups attached to an aromatic ring is 1. The maximum atomic E-state index is 12.8. The standard InChI is InChI=1S/C9H9FN4OS/c10-6-2-1-3-7(4-6)15-5-8-9(12-11)16-14-13-8/h1-4,12H,5,11H2. The van der Waals surface area contributed by atoms with E-state index in [0.717, 1.165) is 11.5 Å². The summed E-state index contributed by atoms with van der Waals surface area (Å²) in [5.74, 6) is 5.35. The second-order valence-corrected chi connectivity index (χ2v) is 3.69. The molecule has 1 aromatic carbocycles. The minimum Gasteiger partial charge on any atom is -0.487 e. The average molecular weight is 240 g/mol. The first kappa shape index (κ1) is 10.8. The number of nitrogens with two attached hydrogens (primary N) is 1. The van der Waals surface area contributed by atoms with Crippen LogP contribution in [0.1, 0.15) is 5.69 Å². The van der Waals surface area contributed by atoms with Gasteiger partial charge < -0.3 is 10.2 Å². The van der Waals surface area contributed by atoms with Gasteiger partial charge in [0.2, 0.25) is 0 Å². The molecule has 2 rings (SSSR count). The summed E-state index contributed by atoms with van der Waals surface area (Å²) >= 11 is 1.14. The molecular formula is C9H9FN4OS. The largest absolute Gasteiger partial charge is 0.487 e. The summed E-state index contributed by atoms with van der Waals surface area (Å²) in [6, 6.07) is 5.89. The van der Waals surface area contributed by atoms with Gasteiger partial charge in [-0.3, -0.25) is 0 Å². The fourth-order valence-electron chi connectivity index (χ4n) is 1.12. The summed E-state index contributed by atoms with van der Waals surface area (Å²) in [6.07, 6.45) is 0. The summed E-state index contributed by atoms with van der Waals surface area (Å²) in [5.41, 5.74) is 3.06.